The number of aromatic nitrogens is 2. The molecule has 0 fully saturated rings. The first kappa shape index (κ1) is 14.7. The van der Waals surface area contributed by atoms with Gasteiger partial charge in [-0.2, -0.15) is 4.57 Å². The Labute approximate surface area is 110 Å². The third-order valence-electron chi connectivity index (χ3n) is 3.18. The largest absolute Gasteiger partial charge is 0.416 e. The van der Waals surface area contributed by atoms with Crippen LogP contribution in [-0.4, -0.2) is 28.1 Å². The number of nitrogens with zero attached hydrogens (tertiary/aromatic N) is 3. The summed E-state index contributed by atoms with van der Waals surface area (Å²) < 4.78 is 3.55. The van der Waals surface area contributed by atoms with Gasteiger partial charge in [-0.15, -0.1) is 0 Å². The van der Waals surface area contributed by atoms with Gasteiger partial charge in [0.05, 0.1) is 7.05 Å². The van der Waals surface area contributed by atoms with Gasteiger partial charge >= 0.3 is 6.03 Å². The molecule has 102 valence electrons. The van der Waals surface area contributed by atoms with Gasteiger partial charge < -0.3 is 4.90 Å². The smallest absolute Gasteiger partial charge is 0.301 e. The molecule has 0 aliphatic rings. The van der Waals surface area contributed by atoms with E-state index in [1.807, 2.05) is 35.2 Å². The van der Waals surface area contributed by atoms with E-state index in [1.165, 1.54) is 0 Å². The van der Waals surface area contributed by atoms with Crippen molar-refractivity contribution in [2.75, 3.05) is 6.54 Å². The van der Waals surface area contributed by atoms with E-state index < -0.39 is 0 Å². The van der Waals surface area contributed by atoms with Gasteiger partial charge in [0.2, 0.25) is 0 Å². The average molecular weight is 252 g/mol. The quantitative estimate of drug-likeness (QED) is 0.740. The zero-order valence-electron chi connectivity index (χ0n) is 12.3. The van der Waals surface area contributed by atoms with Gasteiger partial charge in [-0.05, 0) is 18.8 Å². The molecule has 1 aromatic heterocycles. The molecule has 0 saturated heterocycles. The molecule has 0 radical (unpaired) electrons. The van der Waals surface area contributed by atoms with Crippen molar-refractivity contribution in [2.45, 2.75) is 46.6 Å². The van der Waals surface area contributed by atoms with Crippen LogP contribution in [-0.2, 0) is 7.05 Å². The lowest BCUT2D eigenvalue weighted by atomic mass is 10.1. The Morgan fingerprint density at radius 3 is 2.33 bits per heavy atom. The molecule has 4 heteroatoms. The molecule has 1 aromatic rings. The Hall–Kier alpha value is -1.32. The molecular formula is C14H26N3O+. The van der Waals surface area contributed by atoms with Crippen molar-refractivity contribution in [3.63, 3.8) is 0 Å². The van der Waals surface area contributed by atoms with E-state index in [1.54, 1.807) is 4.57 Å². The van der Waals surface area contributed by atoms with E-state index >= 15 is 0 Å². The summed E-state index contributed by atoms with van der Waals surface area (Å²) in [4.78, 5) is 14.5. The maximum Gasteiger partial charge on any atom is 0.416 e. The van der Waals surface area contributed by atoms with E-state index in [2.05, 4.69) is 27.7 Å². The van der Waals surface area contributed by atoms with Crippen LogP contribution in [0.15, 0.2) is 18.7 Å². The highest BCUT2D eigenvalue weighted by atomic mass is 16.2. The molecule has 0 N–H and O–H groups in total. The summed E-state index contributed by atoms with van der Waals surface area (Å²) in [6, 6.07) is 0.408. The minimum Gasteiger partial charge on any atom is -0.301 e. The number of carbonyl (C=O) groups excluding carboxylic acids is 1. The number of amides is 1. The predicted octanol–water partition coefficient (Wildman–Crippen LogP) is 2.43. The van der Waals surface area contributed by atoms with Gasteiger partial charge in [-0.1, -0.05) is 27.7 Å². The number of aryl methyl sites for hydroxylation is 1. The molecule has 0 aliphatic carbocycles. The molecule has 4 nitrogen and oxygen atoms in total. The average Bonchev–Trinajstić information content (AvgIpc) is 2.74. The van der Waals surface area contributed by atoms with E-state index in [9.17, 15) is 4.79 Å². The van der Waals surface area contributed by atoms with Gasteiger partial charge in [0.25, 0.3) is 6.33 Å². The van der Waals surface area contributed by atoms with E-state index in [0.29, 0.717) is 12.0 Å². The molecule has 0 bridgehead atoms. The zero-order valence-corrected chi connectivity index (χ0v) is 12.3. The molecule has 1 rings (SSSR count). The van der Waals surface area contributed by atoms with E-state index in [-0.39, 0.29) is 6.03 Å². The molecule has 1 amide bonds. The topological polar surface area (TPSA) is 29.1 Å². The Balaban J connectivity index is 2.91. The minimum absolute atomic E-state index is 0.0815. The molecule has 1 heterocycles. The monoisotopic (exact) mass is 252 g/mol. The summed E-state index contributed by atoms with van der Waals surface area (Å²) in [7, 11) is 1.92. The summed E-state index contributed by atoms with van der Waals surface area (Å²) in [6.07, 6.45) is 7.53. The second-order valence-corrected chi connectivity index (χ2v) is 5.29. The second kappa shape index (κ2) is 6.57. The highest BCUT2D eigenvalue weighted by Gasteiger charge is 2.26. The normalized spacial score (nSPS) is 11.3. The number of hydrogen-bond acceptors (Lipinski definition) is 1. The molecule has 0 aliphatic heterocycles. The third kappa shape index (κ3) is 3.59. The number of carbonyl (C=O) groups is 1. The summed E-state index contributed by atoms with van der Waals surface area (Å²) >= 11 is 0. The predicted molar refractivity (Wildman–Crippen MR) is 72.3 cm³/mol. The Kier molecular flexibility index (Phi) is 5.38. The van der Waals surface area contributed by atoms with Crippen molar-refractivity contribution in [1.82, 2.24) is 9.47 Å². The van der Waals surface area contributed by atoms with Crippen LogP contribution in [0.25, 0.3) is 0 Å². The fourth-order valence-corrected chi connectivity index (χ4v) is 2.22. The SMILES string of the molecule is CCC(CC)N(CC(C)C)C(=O)n1cc[n+](C)c1. The fraction of sp³-hybridized carbons (Fsp3) is 0.714. The standard InChI is InChI=1S/C14H26N3O/c1-6-13(7-2)17(10-12(3)4)14(18)16-9-8-15(5)11-16/h8-9,11-13H,6-7,10H2,1-5H3/q+1. The third-order valence-corrected chi connectivity index (χ3v) is 3.18. The van der Waals surface area contributed by atoms with Crippen molar-refractivity contribution in [1.29, 1.82) is 0 Å². The molecule has 0 aromatic carbocycles. The summed E-state index contributed by atoms with van der Waals surface area (Å²) in [6.45, 7) is 9.40. The van der Waals surface area contributed by atoms with Gasteiger partial charge in [0.1, 0.15) is 12.4 Å². The lowest BCUT2D eigenvalue weighted by Crippen LogP contribution is -2.44. The van der Waals surface area contributed by atoms with Crippen molar-refractivity contribution >= 4 is 6.03 Å². The lowest BCUT2D eigenvalue weighted by Gasteiger charge is -2.29. The van der Waals surface area contributed by atoms with Crippen molar-refractivity contribution in [2.24, 2.45) is 13.0 Å². The Morgan fingerprint density at radius 2 is 1.94 bits per heavy atom. The Bertz CT molecular complexity index is 380. The maximum atomic E-state index is 12.5. The summed E-state index contributed by atoms with van der Waals surface area (Å²) in [5, 5.41) is 0. The molecule has 0 saturated carbocycles. The molecule has 18 heavy (non-hydrogen) atoms. The van der Waals surface area contributed by atoms with Gasteiger partial charge in [0.15, 0.2) is 0 Å². The first-order chi connectivity index (χ1) is 8.49. The molecular weight excluding hydrogens is 226 g/mol. The second-order valence-electron chi connectivity index (χ2n) is 5.29. The molecule has 0 unspecified atom stereocenters. The van der Waals surface area contributed by atoms with Gasteiger partial charge in [-0.25, -0.2) is 9.36 Å². The first-order valence-corrected chi connectivity index (χ1v) is 6.83. The molecule has 0 atom stereocenters. The van der Waals surface area contributed by atoms with Crippen LogP contribution in [0.5, 0.6) is 0 Å². The maximum absolute atomic E-state index is 12.5. The van der Waals surface area contributed by atoms with Crippen LogP contribution in [0, 0.1) is 5.92 Å². The number of imidazole rings is 1. The number of hydrogen-bond donors (Lipinski definition) is 0. The van der Waals surface area contributed by atoms with Crippen LogP contribution < -0.4 is 4.57 Å². The van der Waals surface area contributed by atoms with Crippen LogP contribution in [0.3, 0.4) is 0 Å². The van der Waals surface area contributed by atoms with Crippen molar-refractivity contribution < 1.29 is 9.36 Å². The van der Waals surface area contributed by atoms with Crippen LogP contribution in [0.2, 0.25) is 0 Å². The number of rotatable bonds is 5. The van der Waals surface area contributed by atoms with Crippen LogP contribution in [0.4, 0.5) is 4.79 Å². The van der Waals surface area contributed by atoms with Gasteiger partial charge in [0, 0.05) is 12.6 Å². The highest BCUT2D eigenvalue weighted by Crippen LogP contribution is 2.13. The van der Waals surface area contributed by atoms with E-state index in [4.69, 9.17) is 0 Å². The minimum atomic E-state index is 0.0815. The van der Waals surface area contributed by atoms with Crippen LogP contribution in [0.1, 0.15) is 40.5 Å². The van der Waals surface area contributed by atoms with E-state index in [0.717, 1.165) is 19.4 Å². The van der Waals surface area contributed by atoms with Crippen LogP contribution >= 0.6 is 0 Å². The Morgan fingerprint density at radius 1 is 1.33 bits per heavy atom. The highest BCUT2D eigenvalue weighted by molar-refractivity contribution is 5.76. The molecule has 0 spiro atoms. The van der Waals surface area contributed by atoms with Gasteiger partial charge in [-0.3, -0.25) is 0 Å². The lowest BCUT2D eigenvalue weighted by molar-refractivity contribution is -0.670. The zero-order chi connectivity index (χ0) is 13.7. The van der Waals surface area contributed by atoms with Crippen molar-refractivity contribution in [3.8, 4) is 0 Å². The van der Waals surface area contributed by atoms with Crippen molar-refractivity contribution in [3.05, 3.63) is 18.7 Å². The fourth-order valence-electron chi connectivity index (χ4n) is 2.22. The first-order valence-electron chi connectivity index (χ1n) is 6.83. The summed E-state index contributed by atoms with van der Waals surface area (Å²) in [5.74, 6) is 0.485. The summed E-state index contributed by atoms with van der Waals surface area (Å²) in [5.41, 5.74) is 0.